The molecule has 0 saturated heterocycles. The minimum absolute atomic E-state index is 1.14. The van der Waals surface area contributed by atoms with Gasteiger partial charge in [0.2, 0.25) is 0 Å². The van der Waals surface area contributed by atoms with Crippen LogP contribution in [-0.4, -0.2) is 0 Å². The lowest BCUT2D eigenvalue weighted by atomic mass is 10.1. The molecular weight excluding hydrogens is 304 g/mol. The van der Waals surface area contributed by atoms with Crippen LogP contribution < -0.4 is 0 Å². The molecule has 3 aromatic carbocycles. The van der Waals surface area contributed by atoms with Crippen molar-refractivity contribution in [2.45, 2.75) is 0 Å². The van der Waals surface area contributed by atoms with Crippen LogP contribution in [0.2, 0.25) is 0 Å². The first-order valence-electron chi connectivity index (χ1n) is 5.82. The molecule has 0 saturated carbocycles. The summed E-state index contributed by atoms with van der Waals surface area (Å²) in [6.07, 6.45) is 0. The Bertz CT molecular complexity index is 889. The Balaban J connectivity index is 2.23. The monoisotopic (exact) mass is 312 g/mol. The molecule has 0 atom stereocenters. The number of halogens is 1. The number of hydrogen-bond donors (Lipinski definition) is 0. The van der Waals surface area contributed by atoms with Crippen LogP contribution in [0.5, 0.6) is 0 Å². The normalized spacial score (nSPS) is 11.6. The zero-order valence-corrected chi connectivity index (χ0v) is 11.9. The second-order valence-electron chi connectivity index (χ2n) is 4.44. The van der Waals surface area contributed by atoms with Crippen molar-refractivity contribution in [1.29, 1.82) is 0 Å². The minimum atomic E-state index is 1.14. The predicted molar refractivity (Wildman–Crippen MR) is 84.5 cm³/mol. The Kier molecular flexibility index (Phi) is 2.23. The second-order valence-corrected chi connectivity index (χ2v) is 6.44. The van der Waals surface area contributed by atoms with Gasteiger partial charge in [-0.05, 0) is 35.0 Å². The highest BCUT2D eigenvalue weighted by molar-refractivity contribution is 9.10. The quantitative estimate of drug-likeness (QED) is 0.375. The molecule has 0 N–H and O–H groups in total. The summed E-state index contributed by atoms with van der Waals surface area (Å²) in [5, 5.41) is 5.34. The zero-order valence-electron chi connectivity index (χ0n) is 9.48. The first-order valence-corrected chi connectivity index (χ1v) is 7.43. The Morgan fingerprint density at radius 2 is 1.44 bits per heavy atom. The van der Waals surface area contributed by atoms with E-state index in [9.17, 15) is 0 Å². The van der Waals surface area contributed by atoms with Gasteiger partial charge in [0.05, 0.1) is 0 Å². The third-order valence-electron chi connectivity index (χ3n) is 3.30. The van der Waals surface area contributed by atoms with Crippen molar-refractivity contribution in [3.05, 3.63) is 59.1 Å². The first kappa shape index (κ1) is 10.5. The van der Waals surface area contributed by atoms with Crippen LogP contribution in [-0.2, 0) is 0 Å². The molecule has 0 bridgehead atoms. The summed E-state index contributed by atoms with van der Waals surface area (Å²) in [6.45, 7) is 0. The third-order valence-corrected chi connectivity index (χ3v) is 4.91. The molecule has 1 heterocycles. The average molecular weight is 313 g/mol. The fourth-order valence-corrected chi connectivity index (χ4v) is 4.12. The van der Waals surface area contributed by atoms with E-state index in [4.69, 9.17) is 0 Å². The van der Waals surface area contributed by atoms with Gasteiger partial charge in [-0.25, -0.2) is 0 Å². The number of fused-ring (bicyclic) bond motifs is 4. The number of hydrogen-bond acceptors (Lipinski definition) is 1. The summed E-state index contributed by atoms with van der Waals surface area (Å²) in [5.41, 5.74) is 0. The van der Waals surface area contributed by atoms with Crippen molar-refractivity contribution in [2.75, 3.05) is 0 Å². The molecule has 0 aliphatic heterocycles. The molecule has 0 radical (unpaired) electrons. The Hall–Kier alpha value is -1.38. The maximum absolute atomic E-state index is 3.54. The molecule has 2 heteroatoms. The molecule has 0 amide bonds. The molecule has 0 spiro atoms. The van der Waals surface area contributed by atoms with Gasteiger partial charge >= 0.3 is 0 Å². The third kappa shape index (κ3) is 1.49. The lowest BCUT2D eigenvalue weighted by Gasteiger charge is -1.98. The average Bonchev–Trinajstić information content (AvgIpc) is 2.72. The molecule has 86 valence electrons. The summed E-state index contributed by atoms with van der Waals surface area (Å²) in [4.78, 5) is 0. The van der Waals surface area contributed by atoms with Gasteiger partial charge in [0, 0.05) is 24.6 Å². The van der Waals surface area contributed by atoms with Gasteiger partial charge in [-0.3, -0.25) is 0 Å². The SMILES string of the molecule is Brc1ccc2c(c1)sc1cc3ccccc3cc12. The summed E-state index contributed by atoms with van der Waals surface area (Å²) in [7, 11) is 0. The molecule has 0 fully saturated rings. The van der Waals surface area contributed by atoms with Gasteiger partial charge in [0.1, 0.15) is 0 Å². The minimum Gasteiger partial charge on any atom is -0.135 e. The maximum atomic E-state index is 3.54. The summed E-state index contributed by atoms with van der Waals surface area (Å²) >= 11 is 5.40. The van der Waals surface area contributed by atoms with Gasteiger partial charge in [-0.15, -0.1) is 11.3 Å². The van der Waals surface area contributed by atoms with Gasteiger partial charge in [-0.2, -0.15) is 0 Å². The second kappa shape index (κ2) is 3.81. The van der Waals surface area contributed by atoms with E-state index in [1.165, 1.54) is 30.9 Å². The lowest BCUT2D eigenvalue weighted by Crippen LogP contribution is -1.71. The van der Waals surface area contributed by atoms with E-state index in [1.54, 1.807) is 0 Å². The number of benzene rings is 3. The molecule has 18 heavy (non-hydrogen) atoms. The van der Waals surface area contributed by atoms with Crippen LogP contribution >= 0.6 is 27.3 Å². The van der Waals surface area contributed by atoms with Crippen LogP contribution in [0.3, 0.4) is 0 Å². The van der Waals surface area contributed by atoms with E-state index in [1.807, 2.05) is 11.3 Å². The lowest BCUT2D eigenvalue weighted by molar-refractivity contribution is 1.77. The fraction of sp³-hybridized carbons (Fsp3) is 0. The molecular formula is C16H9BrS. The molecule has 0 aliphatic rings. The van der Waals surface area contributed by atoms with Crippen LogP contribution in [0.15, 0.2) is 59.1 Å². The van der Waals surface area contributed by atoms with E-state index in [-0.39, 0.29) is 0 Å². The summed E-state index contributed by atoms with van der Waals surface area (Å²) in [6, 6.07) is 19.7. The molecule has 0 aliphatic carbocycles. The Labute approximate surface area is 117 Å². The molecule has 4 rings (SSSR count). The zero-order chi connectivity index (χ0) is 12.1. The highest BCUT2D eigenvalue weighted by Crippen LogP contribution is 2.37. The molecule has 4 aromatic rings. The predicted octanol–water partition coefficient (Wildman–Crippen LogP) is 5.97. The van der Waals surface area contributed by atoms with Crippen LogP contribution in [0.4, 0.5) is 0 Å². The highest BCUT2D eigenvalue weighted by atomic mass is 79.9. The van der Waals surface area contributed by atoms with Gasteiger partial charge in [0.15, 0.2) is 0 Å². The van der Waals surface area contributed by atoms with Crippen molar-refractivity contribution < 1.29 is 0 Å². The van der Waals surface area contributed by atoms with Crippen molar-refractivity contribution in [3.63, 3.8) is 0 Å². The molecule has 0 nitrogen and oxygen atoms in total. The Morgan fingerprint density at radius 1 is 0.722 bits per heavy atom. The van der Waals surface area contributed by atoms with Gasteiger partial charge in [0.25, 0.3) is 0 Å². The van der Waals surface area contributed by atoms with Crippen LogP contribution in [0, 0.1) is 0 Å². The van der Waals surface area contributed by atoms with Gasteiger partial charge < -0.3 is 0 Å². The topological polar surface area (TPSA) is 0 Å². The molecule has 1 aromatic heterocycles. The van der Waals surface area contributed by atoms with Gasteiger partial charge in [-0.1, -0.05) is 46.3 Å². The van der Waals surface area contributed by atoms with Crippen molar-refractivity contribution in [1.82, 2.24) is 0 Å². The largest absolute Gasteiger partial charge is 0.135 e. The molecule has 0 unspecified atom stereocenters. The Morgan fingerprint density at radius 3 is 2.28 bits per heavy atom. The van der Waals surface area contributed by atoms with E-state index >= 15 is 0 Å². The first-order chi connectivity index (χ1) is 8.81. The highest BCUT2D eigenvalue weighted by Gasteiger charge is 2.06. The van der Waals surface area contributed by atoms with E-state index in [0.717, 1.165) is 4.47 Å². The van der Waals surface area contributed by atoms with E-state index in [2.05, 4.69) is 70.5 Å². The standard InChI is InChI=1S/C16H9BrS/c17-12-5-6-13-14-7-10-3-1-2-4-11(10)8-15(14)18-16(13)9-12/h1-9H. The summed E-state index contributed by atoms with van der Waals surface area (Å²) < 4.78 is 3.85. The maximum Gasteiger partial charge on any atom is 0.0366 e. The van der Waals surface area contributed by atoms with Crippen molar-refractivity contribution >= 4 is 58.2 Å². The fourth-order valence-electron chi connectivity index (χ4n) is 2.44. The van der Waals surface area contributed by atoms with Crippen LogP contribution in [0.1, 0.15) is 0 Å². The summed E-state index contributed by atoms with van der Waals surface area (Å²) in [5.74, 6) is 0. The van der Waals surface area contributed by atoms with Crippen molar-refractivity contribution in [2.24, 2.45) is 0 Å². The van der Waals surface area contributed by atoms with Crippen molar-refractivity contribution in [3.8, 4) is 0 Å². The van der Waals surface area contributed by atoms with E-state index in [0.29, 0.717) is 0 Å². The smallest absolute Gasteiger partial charge is 0.0366 e. The van der Waals surface area contributed by atoms with Crippen LogP contribution in [0.25, 0.3) is 30.9 Å². The number of thiophene rings is 1. The number of rotatable bonds is 0. The van der Waals surface area contributed by atoms with E-state index < -0.39 is 0 Å².